The van der Waals surface area contributed by atoms with Crippen molar-refractivity contribution in [3.8, 4) is 0 Å². The summed E-state index contributed by atoms with van der Waals surface area (Å²) in [6.45, 7) is 1.40. The molecule has 0 aliphatic rings. The molecule has 0 spiro atoms. The zero-order chi connectivity index (χ0) is 21.1. The molecule has 0 saturated carbocycles. The van der Waals surface area contributed by atoms with Gasteiger partial charge in [0.05, 0.1) is 0 Å². The van der Waals surface area contributed by atoms with E-state index in [0.717, 1.165) is 19.3 Å². The highest BCUT2D eigenvalue weighted by molar-refractivity contribution is 5.70. The maximum atomic E-state index is 11.0. The molecule has 176 valence electrons. The van der Waals surface area contributed by atoms with Crippen LogP contribution in [0.25, 0.3) is 0 Å². The highest BCUT2D eigenvalue weighted by atomic mass is 16.7. The molecular weight excluding hydrogens is 374 g/mol. The summed E-state index contributed by atoms with van der Waals surface area (Å²) < 4.78 is 4.65. The molecule has 0 aromatic rings. The van der Waals surface area contributed by atoms with E-state index in [2.05, 4.69) is 11.7 Å². The zero-order valence-electron chi connectivity index (χ0n) is 18.6. The van der Waals surface area contributed by atoms with Crippen LogP contribution in [0.15, 0.2) is 0 Å². The second-order valence-electron chi connectivity index (χ2n) is 7.92. The third-order valence-corrected chi connectivity index (χ3v) is 5.15. The van der Waals surface area contributed by atoms with Crippen LogP contribution in [0.5, 0.6) is 0 Å². The van der Waals surface area contributed by atoms with Gasteiger partial charge in [-0.1, -0.05) is 103 Å². The van der Waals surface area contributed by atoms with Crippen LogP contribution in [-0.4, -0.2) is 45.1 Å². The van der Waals surface area contributed by atoms with Gasteiger partial charge in [0.15, 0.2) is 6.10 Å². The van der Waals surface area contributed by atoms with Crippen LogP contribution in [0.2, 0.25) is 0 Å². The van der Waals surface area contributed by atoms with Crippen LogP contribution in [-0.2, 0) is 9.53 Å². The molecule has 7 N–H and O–H groups in total. The smallest absolute Gasteiger partial charge is 0.332 e. The normalized spacial score (nSPS) is 12.4. The summed E-state index contributed by atoms with van der Waals surface area (Å²) in [5.74, 6) is -4.05. The Morgan fingerprint density at radius 1 is 0.724 bits per heavy atom. The van der Waals surface area contributed by atoms with E-state index in [4.69, 9.17) is 5.11 Å². The quantitative estimate of drug-likeness (QED) is 0.112. The second kappa shape index (κ2) is 20.5. The summed E-state index contributed by atoms with van der Waals surface area (Å²) in [6, 6.07) is 0. The Morgan fingerprint density at radius 3 is 1.38 bits per heavy atom. The molecule has 0 saturated heterocycles. The molecule has 0 aromatic carbocycles. The Hall–Kier alpha value is -0.730. The average molecular weight is 422 g/mol. The number of hydrogen-bond donors (Lipinski definition) is 5. The fraction of sp³-hybridized carbons (Fsp3) is 0.955. The van der Waals surface area contributed by atoms with E-state index < -0.39 is 24.7 Å². The van der Waals surface area contributed by atoms with Gasteiger partial charge < -0.3 is 31.3 Å². The summed E-state index contributed by atoms with van der Waals surface area (Å²) >= 11 is 0. The number of unbranched alkanes of at least 4 members (excludes halogenated alkanes) is 15. The third-order valence-electron chi connectivity index (χ3n) is 5.15. The SMILES string of the molecule is CCCCCCCCCCCCCCCCCCC(OC(=O)CO)C(O)(O)O.N. The maximum absolute atomic E-state index is 11.0. The van der Waals surface area contributed by atoms with Gasteiger partial charge in [-0.15, -0.1) is 0 Å². The predicted octanol–water partition coefficient (Wildman–Crippen LogP) is 4.33. The number of carbonyl (C=O) groups is 1. The second-order valence-corrected chi connectivity index (χ2v) is 7.92. The predicted molar refractivity (Wildman–Crippen MR) is 116 cm³/mol. The number of rotatable bonds is 20. The van der Waals surface area contributed by atoms with Gasteiger partial charge in [-0.25, -0.2) is 4.79 Å². The molecule has 29 heavy (non-hydrogen) atoms. The molecule has 0 heterocycles. The van der Waals surface area contributed by atoms with Crippen molar-refractivity contribution >= 4 is 5.97 Å². The van der Waals surface area contributed by atoms with E-state index in [0.29, 0.717) is 6.42 Å². The first-order valence-electron chi connectivity index (χ1n) is 11.4. The minimum atomic E-state index is -3.07. The summed E-state index contributed by atoms with van der Waals surface area (Å²) in [5, 5.41) is 36.2. The molecule has 7 heteroatoms. The molecule has 0 aliphatic heterocycles. The largest absolute Gasteiger partial charge is 0.452 e. The Bertz CT molecular complexity index is 360. The van der Waals surface area contributed by atoms with E-state index in [-0.39, 0.29) is 12.6 Å². The minimum absolute atomic E-state index is 0. The topological polar surface area (TPSA) is 142 Å². The van der Waals surface area contributed by atoms with Crippen LogP contribution >= 0.6 is 0 Å². The maximum Gasteiger partial charge on any atom is 0.332 e. The number of esters is 1. The van der Waals surface area contributed by atoms with Gasteiger partial charge in [-0.05, 0) is 12.8 Å². The molecule has 0 radical (unpaired) electrons. The molecule has 0 aliphatic carbocycles. The molecule has 0 rings (SSSR count). The summed E-state index contributed by atoms with van der Waals surface area (Å²) in [5.41, 5.74) is 0. The molecule has 0 fully saturated rings. The van der Waals surface area contributed by atoms with Gasteiger partial charge in [0, 0.05) is 0 Å². The van der Waals surface area contributed by atoms with Gasteiger partial charge in [0.1, 0.15) is 6.61 Å². The molecule has 7 nitrogen and oxygen atoms in total. The van der Waals surface area contributed by atoms with Crippen LogP contribution in [0.3, 0.4) is 0 Å². The highest BCUT2D eigenvalue weighted by Crippen LogP contribution is 2.18. The van der Waals surface area contributed by atoms with E-state index in [1.807, 2.05) is 0 Å². The number of ether oxygens (including phenoxy) is 1. The van der Waals surface area contributed by atoms with Crippen molar-refractivity contribution in [1.82, 2.24) is 6.15 Å². The molecule has 0 aromatic heterocycles. The lowest BCUT2D eigenvalue weighted by Crippen LogP contribution is -2.45. The molecular formula is C22H47NO6. The van der Waals surface area contributed by atoms with Crippen LogP contribution in [0.4, 0.5) is 0 Å². The first kappa shape index (κ1) is 30.5. The lowest BCUT2D eigenvalue weighted by Gasteiger charge is -2.25. The van der Waals surface area contributed by atoms with Crippen molar-refractivity contribution < 1.29 is 30.0 Å². The average Bonchev–Trinajstić information content (AvgIpc) is 2.65. The molecule has 1 unspecified atom stereocenters. The van der Waals surface area contributed by atoms with E-state index in [1.165, 1.54) is 77.0 Å². The lowest BCUT2D eigenvalue weighted by molar-refractivity contribution is -0.356. The van der Waals surface area contributed by atoms with Crippen molar-refractivity contribution in [3.63, 3.8) is 0 Å². The van der Waals surface area contributed by atoms with Crippen molar-refractivity contribution in [2.24, 2.45) is 0 Å². The number of aliphatic hydroxyl groups excluding tert-OH is 1. The Labute approximate surface area is 177 Å². The van der Waals surface area contributed by atoms with Crippen LogP contribution in [0.1, 0.15) is 116 Å². The fourth-order valence-corrected chi connectivity index (χ4v) is 3.41. The number of aliphatic hydroxyl groups is 4. The minimum Gasteiger partial charge on any atom is -0.452 e. The van der Waals surface area contributed by atoms with Crippen LogP contribution in [0, 0.1) is 0 Å². The first-order chi connectivity index (χ1) is 13.4. The van der Waals surface area contributed by atoms with E-state index in [1.54, 1.807) is 0 Å². The number of hydrogen-bond acceptors (Lipinski definition) is 7. The third kappa shape index (κ3) is 20.3. The lowest BCUT2D eigenvalue weighted by atomic mass is 10.0. The monoisotopic (exact) mass is 421 g/mol. The first-order valence-corrected chi connectivity index (χ1v) is 11.4. The highest BCUT2D eigenvalue weighted by Gasteiger charge is 2.35. The van der Waals surface area contributed by atoms with Gasteiger partial charge in [-0.3, -0.25) is 0 Å². The Balaban J connectivity index is 0. The summed E-state index contributed by atoms with van der Waals surface area (Å²) in [4.78, 5) is 11.0. The molecule has 0 bridgehead atoms. The van der Waals surface area contributed by atoms with Crippen molar-refractivity contribution in [3.05, 3.63) is 0 Å². The van der Waals surface area contributed by atoms with E-state index in [9.17, 15) is 20.1 Å². The van der Waals surface area contributed by atoms with Crippen molar-refractivity contribution in [2.45, 2.75) is 128 Å². The number of carbonyl (C=O) groups excluding carboxylic acids is 1. The van der Waals surface area contributed by atoms with Crippen molar-refractivity contribution in [1.29, 1.82) is 0 Å². The van der Waals surface area contributed by atoms with Crippen LogP contribution < -0.4 is 6.15 Å². The molecule has 1 atom stereocenters. The summed E-state index contributed by atoms with van der Waals surface area (Å²) in [6.07, 6.45) is 18.5. The molecule has 0 amide bonds. The zero-order valence-corrected chi connectivity index (χ0v) is 18.6. The Kier molecular flexibility index (Phi) is 21.6. The fourth-order valence-electron chi connectivity index (χ4n) is 3.41. The van der Waals surface area contributed by atoms with Gasteiger partial charge in [0.2, 0.25) is 0 Å². The Morgan fingerprint density at radius 2 is 1.07 bits per heavy atom. The van der Waals surface area contributed by atoms with Gasteiger partial charge in [-0.2, -0.15) is 0 Å². The van der Waals surface area contributed by atoms with E-state index >= 15 is 0 Å². The summed E-state index contributed by atoms with van der Waals surface area (Å²) in [7, 11) is 0. The van der Waals surface area contributed by atoms with Gasteiger partial charge >= 0.3 is 11.9 Å². The van der Waals surface area contributed by atoms with Gasteiger partial charge in [0.25, 0.3) is 0 Å². The standard InChI is InChI=1S/C22H44O6.H3N/c1-2-3-4-5-6-7-8-9-10-11-12-13-14-15-16-17-18-20(22(25,26)27)28-21(24)19-23;/h20,23,25-27H,2-19H2,1H3;1H3. The van der Waals surface area contributed by atoms with Crippen molar-refractivity contribution in [2.75, 3.05) is 6.61 Å².